The lowest BCUT2D eigenvalue weighted by Gasteiger charge is -2.34. The number of nitrogens with zero attached hydrogens (tertiary/aromatic N) is 4. The number of carbonyl (C=O) groups excluding carboxylic acids is 1. The highest BCUT2D eigenvalue weighted by atomic mass is 32.2. The van der Waals surface area contributed by atoms with Gasteiger partial charge in [0.05, 0.1) is 4.90 Å². The molecule has 0 radical (unpaired) electrons. The Labute approximate surface area is 173 Å². The van der Waals surface area contributed by atoms with Crippen LogP contribution >= 0.6 is 11.3 Å². The van der Waals surface area contributed by atoms with Crippen LogP contribution in [0.1, 0.15) is 17.3 Å². The first-order valence-electron chi connectivity index (χ1n) is 9.33. The quantitative estimate of drug-likeness (QED) is 0.663. The molecule has 0 bridgehead atoms. The molecule has 3 aromatic rings. The van der Waals surface area contributed by atoms with Crippen molar-refractivity contribution in [1.82, 2.24) is 19.6 Å². The molecule has 1 aliphatic heterocycles. The van der Waals surface area contributed by atoms with Crippen molar-refractivity contribution in [3.63, 3.8) is 0 Å². The Balaban J connectivity index is 1.45. The second-order valence-corrected chi connectivity index (χ2v) is 9.36. The van der Waals surface area contributed by atoms with Gasteiger partial charge in [0.15, 0.2) is 5.13 Å². The molecule has 29 heavy (non-hydrogen) atoms. The number of hydrogen-bond donors (Lipinski definition) is 1. The van der Waals surface area contributed by atoms with E-state index < -0.39 is 10.0 Å². The van der Waals surface area contributed by atoms with Gasteiger partial charge in [0, 0.05) is 44.5 Å². The van der Waals surface area contributed by atoms with Crippen molar-refractivity contribution in [3.05, 3.63) is 48.2 Å². The Morgan fingerprint density at radius 2 is 1.97 bits per heavy atom. The van der Waals surface area contributed by atoms with Crippen LogP contribution in [0.15, 0.2) is 47.5 Å². The van der Waals surface area contributed by atoms with Gasteiger partial charge in [0.2, 0.25) is 10.0 Å². The number of hydrogen-bond acceptors (Lipinski definition) is 7. The molecule has 10 heteroatoms. The average Bonchev–Trinajstić information content (AvgIpc) is 3.18. The van der Waals surface area contributed by atoms with E-state index in [0.29, 0.717) is 38.3 Å². The smallest absolute Gasteiger partial charge is 0.254 e. The number of carbonyl (C=O) groups is 1. The maximum atomic E-state index is 12.9. The summed E-state index contributed by atoms with van der Waals surface area (Å²) in [5, 5.41) is 0.907. The number of amides is 1. The topological polar surface area (TPSA) is 95.5 Å². The minimum Gasteiger partial charge on any atom is -0.344 e. The summed E-state index contributed by atoms with van der Waals surface area (Å²) >= 11 is 1.55. The fraction of sp³-hybridized carbons (Fsp3) is 0.316. The standard InChI is InChI=1S/C19H21N5O3S2/c1-2-21-29(26,27)15-6-3-5-14(13-15)18(25)23-9-11-24(12-10-23)19-22-16-7-4-8-20-17(16)28-19/h3-8,13,21H,2,9-12H2,1H3. The number of sulfonamides is 1. The highest BCUT2D eigenvalue weighted by molar-refractivity contribution is 7.89. The predicted octanol–water partition coefficient (Wildman–Crippen LogP) is 1.95. The summed E-state index contributed by atoms with van der Waals surface area (Å²) in [5.74, 6) is -0.163. The number of piperazine rings is 1. The molecule has 0 unspecified atom stereocenters. The molecule has 0 spiro atoms. The summed E-state index contributed by atoms with van der Waals surface area (Å²) < 4.78 is 26.9. The molecule has 2 aromatic heterocycles. The molecule has 8 nitrogen and oxygen atoms in total. The van der Waals surface area contributed by atoms with Crippen LogP contribution in [-0.4, -0.2) is 61.9 Å². The Bertz CT molecular complexity index is 1100. The molecular weight excluding hydrogens is 410 g/mol. The normalized spacial score (nSPS) is 15.1. The lowest BCUT2D eigenvalue weighted by Crippen LogP contribution is -2.48. The van der Waals surface area contributed by atoms with Crippen molar-refractivity contribution in [1.29, 1.82) is 0 Å². The summed E-state index contributed by atoms with van der Waals surface area (Å²) in [7, 11) is -3.60. The van der Waals surface area contributed by atoms with Gasteiger partial charge in [-0.3, -0.25) is 4.79 Å². The zero-order valence-corrected chi connectivity index (χ0v) is 17.5. The molecule has 1 N–H and O–H groups in total. The Morgan fingerprint density at radius 3 is 2.69 bits per heavy atom. The van der Waals surface area contributed by atoms with Gasteiger partial charge in [0.25, 0.3) is 5.91 Å². The first kappa shape index (κ1) is 19.7. The number of benzene rings is 1. The van der Waals surface area contributed by atoms with Gasteiger partial charge < -0.3 is 9.80 Å². The van der Waals surface area contributed by atoms with Crippen LogP contribution in [0, 0.1) is 0 Å². The third kappa shape index (κ3) is 4.09. The monoisotopic (exact) mass is 431 g/mol. The fourth-order valence-corrected chi connectivity index (χ4v) is 5.29. The third-order valence-corrected chi connectivity index (χ3v) is 7.30. The molecule has 1 amide bonds. The zero-order chi connectivity index (χ0) is 20.4. The first-order chi connectivity index (χ1) is 14.0. The molecule has 1 aromatic carbocycles. The van der Waals surface area contributed by atoms with E-state index in [2.05, 4.69) is 19.6 Å². The number of aromatic nitrogens is 2. The molecule has 4 rings (SSSR count). The van der Waals surface area contributed by atoms with Gasteiger partial charge in [-0.15, -0.1) is 0 Å². The average molecular weight is 432 g/mol. The second-order valence-electron chi connectivity index (χ2n) is 6.63. The highest BCUT2D eigenvalue weighted by Crippen LogP contribution is 2.27. The van der Waals surface area contributed by atoms with E-state index in [1.165, 1.54) is 12.1 Å². The molecule has 152 valence electrons. The SMILES string of the molecule is CCNS(=O)(=O)c1cccc(C(=O)N2CCN(c3nc4cccnc4s3)CC2)c1. The summed E-state index contributed by atoms with van der Waals surface area (Å²) in [6.07, 6.45) is 1.76. The molecule has 1 fully saturated rings. The van der Waals surface area contributed by atoms with E-state index in [9.17, 15) is 13.2 Å². The second kappa shape index (κ2) is 8.05. The van der Waals surface area contributed by atoms with E-state index in [1.807, 2.05) is 12.1 Å². The van der Waals surface area contributed by atoms with E-state index in [4.69, 9.17) is 0 Å². The van der Waals surface area contributed by atoms with Gasteiger partial charge in [-0.1, -0.05) is 24.3 Å². The number of thiazole rings is 1. The van der Waals surface area contributed by atoms with Crippen LogP contribution in [-0.2, 0) is 10.0 Å². The Hall–Kier alpha value is -2.56. The van der Waals surface area contributed by atoms with E-state index in [-0.39, 0.29) is 10.8 Å². The molecule has 3 heterocycles. The number of fused-ring (bicyclic) bond motifs is 1. The third-order valence-electron chi connectivity index (χ3n) is 4.72. The molecule has 0 atom stereocenters. The first-order valence-corrected chi connectivity index (χ1v) is 11.6. The largest absolute Gasteiger partial charge is 0.344 e. The summed E-state index contributed by atoms with van der Waals surface area (Å²) in [6, 6.07) is 9.99. The summed E-state index contributed by atoms with van der Waals surface area (Å²) in [4.78, 5) is 26.8. The van der Waals surface area contributed by atoms with E-state index in [1.54, 1.807) is 41.5 Å². The van der Waals surface area contributed by atoms with Gasteiger partial charge in [-0.25, -0.2) is 23.1 Å². The highest BCUT2D eigenvalue weighted by Gasteiger charge is 2.25. The van der Waals surface area contributed by atoms with Crippen LogP contribution in [0.2, 0.25) is 0 Å². The number of anilines is 1. The maximum absolute atomic E-state index is 12.9. The van der Waals surface area contributed by atoms with Gasteiger partial charge in [-0.2, -0.15) is 0 Å². The van der Waals surface area contributed by atoms with Crippen molar-refractivity contribution < 1.29 is 13.2 Å². The molecule has 0 saturated carbocycles. The maximum Gasteiger partial charge on any atom is 0.254 e. The molecule has 0 aliphatic carbocycles. The van der Waals surface area contributed by atoms with Crippen LogP contribution in [0.4, 0.5) is 5.13 Å². The molecule has 1 saturated heterocycles. The van der Waals surface area contributed by atoms with Crippen molar-refractivity contribution >= 4 is 42.7 Å². The van der Waals surface area contributed by atoms with Crippen LogP contribution in [0.5, 0.6) is 0 Å². The Morgan fingerprint density at radius 1 is 1.17 bits per heavy atom. The van der Waals surface area contributed by atoms with Gasteiger partial charge in [0.1, 0.15) is 10.3 Å². The zero-order valence-electron chi connectivity index (χ0n) is 15.9. The van der Waals surface area contributed by atoms with Crippen molar-refractivity contribution in [2.24, 2.45) is 0 Å². The molecule has 1 aliphatic rings. The lowest BCUT2D eigenvalue weighted by atomic mass is 10.2. The van der Waals surface area contributed by atoms with E-state index in [0.717, 1.165) is 15.5 Å². The van der Waals surface area contributed by atoms with Crippen LogP contribution < -0.4 is 9.62 Å². The lowest BCUT2D eigenvalue weighted by molar-refractivity contribution is 0.0746. The summed E-state index contributed by atoms with van der Waals surface area (Å²) in [5.41, 5.74) is 1.26. The Kier molecular flexibility index (Phi) is 5.48. The minimum atomic E-state index is -3.60. The van der Waals surface area contributed by atoms with Gasteiger partial charge in [-0.05, 0) is 30.3 Å². The fourth-order valence-electron chi connectivity index (χ4n) is 3.25. The predicted molar refractivity (Wildman–Crippen MR) is 113 cm³/mol. The van der Waals surface area contributed by atoms with Crippen LogP contribution in [0.3, 0.4) is 0 Å². The van der Waals surface area contributed by atoms with Crippen molar-refractivity contribution in [2.45, 2.75) is 11.8 Å². The minimum absolute atomic E-state index is 0.103. The number of nitrogens with one attached hydrogen (secondary N) is 1. The number of rotatable bonds is 5. The molecular formula is C19H21N5O3S2. The number of pyridine rings is 1. The van der Waals surface area contributed by atoms with Crippen molar-refractivity contribution in [3.8, 4) is 0 Å². The van der Waals surface area contributed by atoms with Crippen LogP contribution in [0.25, 0.3) is 10.3 Å². The van der Waals surface area contributed by atoms with Gasteiger partial charge >= 0.3 is 0 Å². The van der Waals surface area contributed by atoms with E-state index >= 15 is 0 Å². The van der Waals surface area contributed by atoms with Crippen molar-refractivity contribution in [2.75, 3.05) is 37.6 Å². The summed E-state index contributed by atoms with van der Waals surface area (Å²) in [6.45, 7) is 4.44.